The van der Waals surface area contributed by atoms with E-state index in [0.29, 0.717) is 25.9 Å². The van der Waals surface area contributed by atoms with Gasteiger partial charge in [0, 0.05) is 24.7 Å². The molecule has 0 aromatic heterocycles. The molecular formula is C17H26N4O6S. The van der Waals surface area contributed by atoms with Gasteiger partial charge in [0.15, 0.2) is 0 Å². The number of nitrogens with zero attached hydrogens (tertiary/aromatic N) is 2. The molecule has 0 radical (unpaired) electrons. The minimum Gasteiger partial charge on any atom is -0.444 e. The van der Waals surface area contributed by atoms with E-state index in [1.54, 1.807) is 25.7 Å². The van der Waals surface area contributed by atoms with Gasteiger partial charge in [-0.05, 0) is 52.7 Å². The molecule has 3 N–H and O–H groups in total. The maximum absolute atomic E-state index is 12.2. The van der Waals surface area contributed by atoms with Gasteiger partial charge < -0.3 is 15.0 Å². The Morgan fingerprint density at radius 2 is 1.89 bits per heavy atom. The van der Waals surface area contributed by atoms with Crippen molar-refractivity contribution in [3.8, 4) is 0 Å². The predicted molar refractivity (Wildman–Crippen MR) is 104 cm³/mol. The monoisotopic (exact) mass is 414 g/mol. The number of nitro benzene ring substituents is 1. The third-order valence-corrected chi connectivity index (χ3v) is 5.36. The molecule has 0 atom stereocenters. The van der Waals surface area contributed by atoms with Crippen molar-refractivity contribution in [3.05, 3.63) is 28.3 Å². The van der Waals surface area contributed by atoms with Crippen LogP contribution in [0.25, 0.3) is 0 Å². The number of amides is 1. The fourth-order valence-corrected chi connectivity index (χ4v) is 3.44. The lowest BCUT2D eigenvalue weighted by Gasteiger charge is -2.40. The van der Waals surface area contributed by atoms with Crippen LogP contribution in [0.2, 0.25) is 0 Å². The minimum absolute atomic E-state index is 0.200. The molecule has 28 heavy (non-hydrogen) atoms. The van der Waals surface area contributed by atoms with E-state index in [9.17, 15) is 23.3 Å². The highest BCUT2D eigenvalue weighted by Crippen LogP contribution is 2.33. The van der Waals surface area contributed by atoms with Gasteiger partial charge in [0.05, 0.1) is 9.82 Å². The van der Waals surface area contributed by atoms with Gasteiger partial charge in [-0.1, -0.05) is 0 Å². The Bertz CT molecular complexity index is 870. The SMILES string of the molecule is CC1(Nc2ccc(S(N)(=O)=O)cc2[N+](=O)[O-])CCN(C(=O)OC(C)(C)C)CC1. The molecule has 2 rings (SSSR count). The molecule has 0 spiro atoms. The molecule has 1 aliphatic heterocycles. The summed E-state index contributed by atoms with van der Waals surface area (Å²) in [6.07, 6.45) is 0.693. The van der Waals surface area contributed by atoms with Crippen molar-refractivity contribution in [2.45, 2.75) is 56.6 Å². The Hall–Kier alpha value is -2.40. The number of sulfonamides is 1. The number of rotatable bonds is 4. The second kappa shape index (κ2) is 7.55. The molecule has 1 aliphatic rings. The van der Waals surface area contributed by atoms with Crippen LogP contribution in [0.4, 0.5) is 16.2 Å². The van der Waals surface area contributed by atoms with Crippen molar-refractivity contribution in [1.29, 1.82) is 0 Å². The van der Waals surface area contributed by atoms with E-state index >= 15 is 0 Å². The summed E-state index contributed by atoms with van der Waals surface area (Å²) in [6, 6.07) is 3.50. The maximum atomic E-state index is 12.2. The molecule has 0 saturated carbocycles. The van der Waals surface area contributed by atoms with Crippen molar-refractivity contribution in [1.82, 2.24) is 4.90 Å². The first kappa shape index (κ1) is 21.9. The van der Waals surface area contributed by atoms with Crippen LogP contribution in [0.15, 0.2) is 23.1 Å². The third kappa shape index (κ3) is 5.55. The molecule has 0 unspecified atom stereocenters. The molecule has 1 aromatic rings. The molecule has 11 heteroatoms. The summed E-state index contributed by atoms with van der Waals surface area (Å²) in [5.41, 5.74) is -1.26. The highest BCUT2D eigenvalue weighted by molar-refractivity contribution is 7.89. The van der Waals surface area contributed by atoms with Gasteiger partial charge in [0.2, 0.25) is 10.0 Å². The number of hydrogen-bond acceptors (Lipinski definition) is 7. The van der Waals surface area contributed by atoms with Crippen molar-refractivity contribution in [3.63, 3.8) is 0 Å². The number of piperidine rings is 1. The summed E-state index contributed by atoms with van der Waals surface area (Å²) in [6.45, 7) is 8.15. The van der Waals surface area contributed by atoms with Crippen molar-refractivity contribution in [2.24, 2.45) is 5.14 Å². The number of hydrogen-bond donors (Lipinski definition) is 2. The summed E-state index contributed by atoms with van der Waals surface area (Å²) in [5.74, 6) is 0. The zero-order chi connectivity index (χ0) is 21.3. The van der Waals surface area contributed by atoms with Gasteiger partial charge >= 0.3 is 6.09 Å². The first-order valence-electron chi connectivity index (χ1n) is 8.78. The number of nitro groups is 1. The standard InChI is InChI=1S/C17H26N4O6S/c1-16(2,3)27-15(22)20-9-7-17(4,8-10-20)19-13-6-5-12(28(18,25)26)11-14(13)21(23)24/h5-6,11,19H,7-10H2,1-4H3,(H2,18,25,26). The number of likely N-dealkylation sites (tertiary alicyclic amines) is 1. The topological polar surface area (TPSA) is 145 Å². The van der Waals surface area contributed by atoms with E-state index < -0.39 is 32.2 Å². The number of nitrogens with one attached hydrogen (secondary N) is 1. The van der Waals surface area contributed by atoms with Crippen LogP contribution in [0.5, 0.6) is 0 Å². The average molecular weight is 414 g/mol. The largest absolute Gasteiger partial charge is 0.444 e. The molecule has 10 nitrogen and oxygen atoms in total. The molecule has 1 fully saturated rings. The molecule has 0 aliphatic carbocycles. The van der Waals surface area contributed by atoms with E-state index in [1.807, 2.05) is 6.92 Å². The summed E-state index contributed by atoms with van der Waals surface area (Å²) in [5, 5.41) is 19.6. The molecule has 1 aromatic carbocycles. The van der Waals surface area contributed by atoms with Crippen LogP contribution in [-0.4, -0.2) is 48.6 Å². The summed E-state index contributed by atoms with van der Waals surface area (Å²) in [7, 11) is -4.05. The Balaban J connectivity index is 2.14. The van der Waals surface area contributed by atoms with E-state index in [1.165, 1.54) is 12.1 Å². The van der Waals surface area contributed by atoms with Crippen molar-refractivity contribution >= 4 is 27.5 Å². The molecular weight excluding hydrogens is 388 g/mol. The zero-order valence-corrected chi connectivity index (χ0v) is 17.2. The quantitative estimate of drug-likeness (QED) is 0.568. The number of benzene rings is 1. The average Bonchev–Trinajstić information content (AvgIpc) is 2.52. The normalized spacial score (nSPS) is 17.1. The maximum Gasteiger partial charge on any atom is 0.410 e. The molecule has 1 amide bonds. The summed E-state index contributed by atoms with van der Waals surface area (Å²) in [4.78, 5) is 24.2. The molecule has 1 heterocycles. The fourth-order valence-electron chi connectivity index (χ4n) is 2.90. The Morgan fingerprint density at radius 1 is 1.32 bits per heavy atom. The molecule has 1 saturated heterocycles. The first-order valence-corrected chi connectivity index (χ1v) is 10.3. The van der Waals surface area contributed by atoms with Gasteiger partial charge in [-0.3, -0.25) is 10.1 Å². The van der Waals surface area contributed by atoms with Crippen LogP contribution < -0.4 is 10.5 Å². The van der Waals surface area contributed by atoms with E-state index in [4.69, 9.17) is 9.88 Å². The Labute approximate surface area is 164 Å². The lowest BCUT2D eigenvalue weighted by atomic mass is 9.89. The van der Waals surface area contributed by atoms with Crippen molar-refractivity contribution in [2.75, 3.05) is 18.4 Å². The van der Waals surface area contributed by atoms with Crippen molar-refractivity contribution < 1.29 is 22.9 Å². The van der Waals surface area contributed by atoms with Gasteiger partial charge in [0.1, 0.15) is 11.3 Å². The number of primary sulfonamides is 1. The number of carbonyl (C=O) groups is 1. The van der Waals surface area contributed by atoms with Crippen LogP contribution >= 0.6 is 0 Å². The number of nitrogens with two attached hydrogens (primary N) is 1. The summed E-state index contributed by atoms with van der Waals surface area (Å²) >= 11 is 0. The fraction of sp³-hybridized carbons (Fsp3) is 0.588. The van der Waals surface area contributed by atoms with Gasteiger partial charge in [-0.25, -0.2) is 18.4 Å². The summed E-state index contributed by atoms with van der Waals surface area (Å²) < 4.78 is 28.3. The highest BCUT2D eigenvalue weighted by atomic mass is 32.2. The van der Waals surface area contributed by atoms with Gasteiger partial charge in [0.25, 0.3) is 5.69 Å². The Kier molecular flexibility index (Phi) is 5.90. The van der Waals surface area contributed by atoms with Crippen LogP contribution in [0.1, 0.15) is 40.5 Å². The number of ether oxygens (including phenoxy) is 1. The lowest BCUT2D eigenvalue weighted by Crippen LogP contribution is -2.50. The molecule has 0 bridgehead atoms. The number of carbonyl (C=O) groups excluding carboxylic acids is 1. The second-order valence-electron chi connectivity index (χ2n) is 8.13. The smallest absolute Gasteiger partial charge is 0.410 e. The number of anilines is 1. The van der Waals surface area contributed by atoms with E-state index in [-0.39, 0.29) is 16.3 Å². The third-order valence-electron chi connectivity index (χ3n) is 4.45. The molecule has 156 valence electrons. The zero-order valence-electron chi connectivity index (χ0n) is 16.4. The van der Waals surface area contributed by atoms with Crippen LogP contribution in [0, 0.1) is 10.1 Å². The minimum atomic E-state index is -4.05. The van der Waals surface area contributed by atoms with Crippen LogP contribution in [-0.2, 0) is 14.8 Å². The highest BCUT2D eigenvalue weighted by Gasteiger charge is 2.35. The lowest BCUT2D eigenvalue weighted by molar-refractivity contribution is -0.384. The van der Waals surface area contributed by atoms with Gasteiger partial charge in [-0.15, -0.1) is 0 Å². The first-order chi connectivity index (χ1) is 12.7. The Morgan fingerprint density at radius 3 is 2.36 bits per heavy atom. The van der Waals surface area contributed by atoms with Crippen LogP contribution in [0.3, 0.4) is 0 Å². The van der Waals surface area contributed by atoms with E-state index in [0.717, 1.165) is 6.07 Å². The second-order valence-corrected chi connectivity index (χ2v) is 9.70. The van der Waals surface area contributed by atoms with Gasteiger partial charge in [-0.2, -0.15) is 0 Å². The predicted octanol–water partition coefficient (Wildman–Crippen LogP) is 2.44. The van der Waals surface area contributed by atoms with E-state index in [2.05, 4.69) is 5.32 Å².